The molecule has 0 fully saturated rings. The second-order valence-electron chi connectivity index (χ2n) is 10.3. The van der Waals surface area contributed by atoms with Gasteiger partial charge in [0, 0.05) is 11.4 Å². The standard InChI is InChI=1S/C24H29B10N/c25-15-13(16(26)20(30)23(33)19(15)29)9-1-5-11(6-2-9)35-12-7-3-10(4-8-12)14-17(27)21(31)24(34)22(32)18(14)28/h1-8,35H,25-34H2. The van der Waals surface area contributed by atoms with Gasteiger partial charge in [0.2, 0.25) is 0 Å². The Bertz CT molecular complexity index is 1280. The fourth-order valence-electron chi connectivity index (χ4n) is 5.47. The SMILES string of the molecule is Bc1c(B)c(B)c(-c2ccc(Nc3ccc(-c4c(B)c(B)c(B)c(B)c4B)cc3)cc2)c(B)c1B. The van der Waals surface area contributed by atoms with Gasteiger partial charge in [-0.05, 0) is 46.5 Å². The van der Waals surface area contributed by atoms with Crippen LogP contribution in [0.1, 0.15) is 0 Å². The van der Waals surface area contributed by atoms with Gasteiger partial charge >= 0.3 is 0 Å². The zero-order valence-electron chi connectivity index (χ0n) is 23.1. The highest BCUT2D eigenvalue weighted by atomic mass is 14.9. The van der Waals surface area contributed by atoms with Crippen molar-refractivity contribution in [3.05, 3.63) is 48.5 Å². The van der Waals surface area contributed by atoms with Gasteiger partial charge in [0.1, 0.15) is 78.5 Å². The molecule has 4 rings (SSSR count). The molecule has 0 spiro atoms. The fourth-order valence-corrected chi connectivity index (χ4v) is 5.47. The highest BCUT2D eigenvalue weighted by Crippen LogP contribution is 2.23. The zero-order valence-corrected chi connectivity index (χ0v) is 23.1. The van der Waals surface area contributed by atoms with E-state index in [2.05, 4.69) is 132 Å². The second-order valence-corrected chi connectivity index (χ2v) is 10.3. The van der Waals surface area contributed by atoms with Gasteiger partial charge in [0.05, 0.1) is 0 Å². The summed E-state index contributed by atoms with van der Waals surface area (Å²) in [6, 6.07) is 17.7. The number of nitrogens with one attached hydrogen (secondary N) is 1. The molecule has 160 valence electrons. The van der Waals surface area contributed by atoms with E-state index in [1.54, 1.807) is 0 Å². The van der Waals surface area contributed by atoms with Crippen LogP contribution in [0.3, 0.4) is 0 Å². The molecule has 1 N–H and O–H groups in total. The van der Waals surface area contributed by atoms with E-state index in [1.807, 2.05) is 0 Å². The summed E-state index contributed by atoms with van der Waals surface area (Å²) < 4.78 is 0. The molecular formula is C24H29B10N. The Morgan fingerprint density at radius 1 is 0.314 bits per heavy atom. The molecule has 0 aliphatic carbocycles. The van der Waals surface area contributed by atoms with Crippen LogP contribution in [0.15, 0.2) is 48.5 Å². The van der Waals surface area contributed by atoms with Crippen molar-refractivity contribution in [2.24, 2.45) is 0 Å². The molecule has 0 amide bonds. The van der Waals surface area contributed by atoms with Crippen molar-refractivity contribution in [1.29, 1.82) is 0 Å². The molecule has 0 bridgehead atoms. The lowest BCUT2D eigenvalue weighted by atomic mass is 9.59. The molecule has 0 atom stereocenters. The number of hydrogen-bond donors (Lipinski definition) is 1. The summed E-state index contributed by atoms with van der Waals surface area (Å²) in [5.41, 5.74) is 21.5. The van der Waals surface area contributed by atoms with Gasteiger partial charge in [-0.1, -0.05) is 46.1 Å². The van der Waals surface area contributed by atoms with Gasteiger partial charge in [-0.3, -0.25) is 0 Å². The summed E-state index contributed by atoms with van der Waals surface area (Å²) in [7, 11) is 22.4. The number of hydrogen-bond acceptors (Lipinski definition) is 1. The van der Waals surface area contributed by atoms with Gasteiger partial charge in [-0.25, -0.2) is 0 Å². The van der Waals surface area contributed by atoms with Gasteiger partial charge in [-0.15, -0.1) is 32.8 Å². The first-order valence-corrected chi connectivity index (χ1v) is 12.6. The minimum absolute atomic E-state index is 1.10. The molecule has 1 nitrogen and oxygen atoms in total. The fraction of sp³-hybridized carbons (Fsp3) is 0. The molecule has 0 aromatic heterocycles. The molecule has 0 unspecified atom stereocenters. The summed E-state index contributed by atoms with van der Waals surface area (Å²) in [5, 5.41) is 3.58. The Hall–Kier alpha value is -2.67. The van der Waals surface area contributed by atoms with Gasteiger partial charge < -0.3 is 5.32 Å². The third-order valence-corrected chi connectivity index (χ3v) is 8.64. The van der Waals surface area contributed by atoms with E-state index < -0.39 is 0 Å². The number of anilines is 2. The first-order chi connectivity index (χ1) is 16.5. The van der Waals surface area contributed by atoms with E-state index in [4.69, 9.17) is 0 Å². The first kappa shape index (κ1) is 25.4. The first-order valence-electron chi connectivity index (χ1n) is 12.6. The quantitative estimate of drug-likeness (QED) is 0.312. The Morgan fingerprint density at radius 3 is 0.800 bits per heavy atom. The average molecular weight is 440 g/mol. The average Bonchev–Trinajstić information content (AvgIpc) is 2.86. The monoisotopic (exact) mass is 441 g/mol. The molecule has 0 saturated carbocycles. The maximum atomic E-state index is 3.58. The van der Waals surface area contributed by atoms with Gasteiger partial charge in [0.25, 0.3) is 0 Å². The smallest absolute Gasteiger partial charge is 0.139 e. The van der Waals surface area contributed by atoms with E-state index in [9.17, 15) is 0 Å². The van der Waals surface area contributed by atoms with Crippen LogP contribution in [0.25, 0.3) is 22.3 Å². The van der Waals surface area contributed by atoms with Crippen molar-refractivity contribution in [1.82, 2.24) is 0 Å². The number of rotatable bonds is 4. The maximum Gasteiger partial charge on any atom is 0.139 e. The Labute approximate surface area is 220 Å². The molecule has 0 heterocycles. The summed E-state index contributed by atoms with van der Waals surface area (Å²) in [4.78, 5) is 0. The van der Waals surface area contributed by atoms with Crippen LogP contribution >= 0.6 is 0 Å². The number of benzene rings is 4. The van der Waals surface area contributed by atoms with Crippen LogP contribution in [-0.2, 0) is 0 Å². The lowest BCUT2D eigenvalue weighted by molar-refractivity contribution is 1.55. The van der Waals surface area contributed by atoms with Crippen LogP contribution < -0.4 is 59.9 Å². The van der Waals surface area contributed by atoms with Crippen molar-refractivity contribution >= 4 is 144 Å². The minimum Gasteiger partial charge on any atom is -0.356 e. The van der Waals surface area contributed by atoms with Crippen molar-refractivity contribution in [3.8, 4) is 22.3 Å². The van der Waals surface area contributed by atoms with Crippen LogP contribution in [-0.4, -0.2) is 78.5 Å². The second kappa shape index (κ2) is 9.76. The van der Waals surface area contributed by atoms with Crippen molar-refractivity contribution in [2.75, 3.05) is 5.32 Å². The molecule has 11 heteroatoms. The van der Waals surface area contributed by atoms with E-state index in [1.165, 1.54) is 76.9 Å². The predicted octanol–water partition coefficient (Wildman–Crippen LogP) is -10.7. The lowest BCUT2D eigenvalue weighted by Gasteiger charge is -2.21. The van der Waals surface area contributed by atoms with Crippen LogP contribution in [0.4, 0.5) is 11.4 Å². The Morgan fingerprint density at radius 2 is 0.543 bits per heavy atom. The van der Waals surface area contributed by atoms with E-state index >= 15 is 0 Å². The minimum atomic E-state index is 1.10. The predicted molar refractivity (Wildman–Crippen MR) is 189 cm³/mol. The van der Waals surface area contributed by atoms with E-state index in [0.29, 0.717) is 0 Å². The normalized spacial score (nSPS) is 10.9. The molecule has 4 aromatic rings. The zero-order chi connectivity index (χ0) is 25.6. The topological polar surface area (TPSA) is 12.0 Å². The third-order valence-electron chi connectivity index (χ3n) is 8.64. The van der Waals surface area contributed by atoms with E-state index in [0.717, 1.165) is 11.4 Å². The van der Waals surface area contributed by atoms with Crippen molar-refractivity contribution in [3.63, 3.8) is 0 Å². The lowest BCUT2D eigenvalue weighted by Crippen LogP contribution is -2.55. The maximum absolute atomic E-state index is 3.58. The largest absolute Gasteiger partial charge is 0.356 e. The third kappa shape index (κ3) is 4.51. The molecule has 4 aromatic carbocycles. The summed E-state index contributed by atoms with van der Waals surface area (Å²) in [6.07, 6.45) is 0. The van der Waals surface area contributed by atoms with Crippen LogP contribution in [0.5, 0.6) is 0 Å². The summed E-state index contributed by atoms with van der Waals surface area (Å²) in [5.74, 6) is 0. The Kier molecular flexibility index (Phi) is 7.09. The molecule has 35 heavy (non-hydrogen) atoms. The molecule has 0 aliphatic rings. The molecular weight excluding hydrogens is 410 g/mol. The Balaban J connectivity index is 1.60. The van der Waals surface area contributed by atoms with Gasteiger partial charge in [-0.2, -0.15) is 0 Å². The molecule has 0 radical (unpaired) electrons. The van der Waals surface area contributed by atoms with E-state index in [-0.39, 0.29) is 0 Å². The van der Waals surface area contributed by atoms with Crippen LogP contribution in [0, 0.1) is 0 Å². The van der Waals surface area contributed by atoms with Crippen LogP contribution in [0.2, 0.25) is 0 Å². The highest BCUT2D eigenvalue weighted by molar-refractivity contribution is 6.69. The van der Waals surface area contributed by atoms with Crippen molar-refractivity contribution in [2.45, 2.75) is 0 Å². The molecule has 0 aliphatic heterocycles. The summed E-state index contributed by atoms with van der Waals surface area (Å²) >= 11 is 0. The summed E-state index contributed by atoms with van der Waals surface area (Å²) in [6.45, 7) is 0. The highest BCUT2D eigenvalue weighted by Gasteiger charge is 2.14. The van der Waals surface area contributed by atoms with Crippen molar-refractivity contribution < 1.29 is 0 Å². The molecule has 0 saturated heterocycles. The van der Waals surface area contributed by atoms with Gasteiger partial charge in [0.15, 0.2) is 0 Å².